The van der Waals surface area contributed by atoms with Crippen molar-refractivity contribution in [3.05, 3.63) is 60.2 Å². The number of hydrogen-bond acceptors (Lipinski definition) is 3. The topological polar surface area (TPSA) is 43.7 Å². The van der Waals surface area contributed by atoms with Crippen LogP contribution in [0.1, 0.15) is 5.56 Å². The van der Waals surface area contributed by atoms with E-state index < -0.39 is 0 Å². The van der Waals surface area contributed by atoms with Crippen LogP contribution in [0, 0.1) is 0 Å². The molecule has 0 aliphatic rings. The van der Waals surface area contributed by atoms with Crippen LogP contribution in [0.4, 0.5) is 0 Å². The number of rotatable bonds is 6. The van der Waals surface area contributed by atoms with Crippen LogP contribution >= 0.6 is 0 Å². The normalized spacial score (nSPS) is 12.1. The third-order valence-corrected chi connectivity index (χ3v) is 4.85. The SMILES string of the molecule is OCCN(CCO)Cc1ccc2ccc3cccc4ccc1c2c34. The fraction of sp³-hybridized carbons (Fsp3) is 0.238. The van der Waals surface area contributed by atoms with Crippen LogP contribution in [-0.2, 0) is 6.54 Å². The van der Waals surface area contributed by atoms with Gasteiger partial charge in [-0.15, -0.1) is 0 Å². The first-order valence-corrected chi connectivity index (χ1v) is 8.41. The van der Waals surface area contributed by atoms with Gasteiger partial charge in [-0.05, 0) is 37.9 Å². The smallest absolute Gasteiger partial charge is 0.0558 e. The predicted octanol–water partition coefficient (Wildman–Crippen LogP) is 3.37. The van der Waals surface area contributed by atoms with Crippen molar-refractivity contribution in [3.8, 4) is 0 Å². The largest absolute Gasteiger partial charge is 0.395 e. The zero-order valence-corrected chi connectivity index (χ0v) is 13.6. The molecule has 0 bridgehead atoms. The van der Waals surface area contributed by atoms with E-state index in [1.54, 1.807) is 0 Å². The average molecular weight is 319 g/mol. The summed E-state index contributed by atoms with van der Waals surface area (Å²) in [7, 11) is 0. The van der Waals surface area contributed by atoms with Gasteiger partial charge in [-0.1, -0.05) is 54.6 Å². The fourth-order valence-electron chi connectivity index (χ4n) is 3.73. The lowest BCUT2D eigenvalue weighted by Gasteiger charge is -2.22. The van der Waals surface area contributed by atoms with Crippen LogP contribution in [0.15, 0.2) is 54.6 Å². The van der Waals surface area contributed by atoms with E-state index in [-0.39, 0.29) is 13.2 Å². The molecule has 0 spiro atoms. The molecule has 0 aromatic heterocycles. The van der Waals surface area contributed by atoms with E-state index in [0.29, 0.717) is 13.1 Å². The molecule has 24 heavy (non-hydrogen) atoms. The minimum atomic E-state index is 0.103. The van der Waals surface area contributed by atoms with Gasteiger partial charge in [0.1, 0.15) is 0 Å². The molecule has 4 aromatic carbocycles. The molecule has 0 saturated heterocycles. The molecule has 0 atom stereocenters. The van der Waals surface area contributed by atoms with Gasteiger partial charge in [-0.2, -0.15) is 0 Å². The maximum Gasteiger partial charge on any atom is 0.0558 e. The predicted molar refractivity (Wildman–Crippen MR) is 99.6 cm³/mol. The monoisotopic (exact) mass is 319 g/mol. The maximum atomic E-state index is 9.25. The third kappa shape index (κ3) is 2.51. The van der Waals surface area contributed by atoms with Gasteiger partial charge < -0.3 is 10.2 Å². The van der Waals surface area contributed by atoms with E-state index in [1.165, 1.54) is 37.9 Å². The van der Waals surface area contributed by atoms with Crippen LogP contribution in [0.3, 0.4) is 0 Å². The highest BCUT2D eigenvalue weighted by Crippen LogP contribution is 2.36. The lowest BCUT2D eigenvalue weighted by Crippen LogP contribution is -2.29. The standard InChI is InChI=1S/C21H21NO2/c23-12-10-22(11-13-24)14-18-7-6-17-5-4-15-2-1-3-16-8-9-19(18)21(17)20(15)16/h1-9,23-24H,10-14H2. The first-order chi connectivity index (χ1) is 11.8. The molecule has 4 rings (SSSR count). The Hall–Kier alpha value is -2.20. The van der Waals surface area contributed by atoms with Gasteiger partial charge in [0.15, 0.2) is 0 Å². The van der Waals surface area contributed by atoms with Crippen LogP contribution in [0.25, 0.3) is 32.3 Å². The van der Waals surface area contributed by atoms with Gasteiger partial charge in [0.25, 0.3) is 0 Å². The molecular formula is C21H21NO2. The van der Waals surface area contributed by atoms with Crippen molar-refractivity contribution in [3.63, 3.8) is 0 Å². The second-order valence-corrected chi connectivity index (χ2v) is 6.30. The molecule has 122 valence electrons. The molecule has 4 aromatic rings. The molecule has 0 saturated carbocycles. The van der Waals surface area contributed by atoms with Gasteiger partial charge in [-0.3, -0.25) is 4.90 Å². The molecule has 0 heterocycles. The minimum Gasteiger partial charge on any atom is -0.395 e. The highest BCUT2D eigenvalue weighted by molar-refractivity contribution is 6.23. The average Bonchev–Trinajstić information content (AvgIpc) is 2.61. The summed E-state index contributed by atoms with van der Waals surface area (Å²) in [6, 6.07) is 19.6. The van der Waals surface area contributed by atoms with Crippen molar-refractivity contribution >= 4 is 32.3 Å². The Morgan fingerprint density at radius 1 is 0.667 bits per heavy atom. The summed E-state index contributed by atoms with van der Waals surface area (Å²) in [4.78, 5) is 2.09. The summed E-state index contributed by atoms with van der Waals surface area (Å²) in [6.07, 6.45) is 0. The van der Waals surface area contributed by atoms with E-state index in [2.05, 4.69) is 59.5 Å². The fourth-order valence-corrected chi connectivity index (χ4v) is 3.73. The van der Waals surface area contributed by atoms with E-state index in [9.17, 15) is 10.2 Å². The molecule has 0 aliphatic heterocycles. The molecule has 0 fully saturated rings. The second kappa shape index (κ2) is 6.36. The van der Waals surface area contributed by atoms with Crippen LogP contribution < -0.4 is 0 Å². The Kier molecular flexibility index (Phi) is 4.07. The molecule has 0 unspecified atom stereocenters. The molecule has 0 amide bonds. The molecule has 3 nitrogen and oxygen atoms in total. The summed E-state index contributed by atoms with van der Waals surface area (Å²) in [5.74, 6) is 0. The quantitative estimate of drug-likeness (QED) is 0.536. The number of aliphatic hydroxyl groups excluding tert-OH is 2. The third-order valence-electron chi connectivity index (χ3n) is 4.85. The van der Waals surface area contributed by atoms with Crippen molar-refractivity contribution in [1.29, 1.82) is 0 Å². The summed E-state index contributed by atoms with van der Waals surface area (Å²) in [5.41, 5.74) is 1.24. The van der Waals surface area contributed by atoms with Crippen molar-refractivity contribution in [2.24, 2.45) is 0 Å². The Morgan fingerprint density at radius 3 is 1.92 bits per heavy atom. The molecule has 0 radical (unpaired) electrons. The van der Waals surface area contributed by atoms with Crippen molar-refractivity contribution in [2.75, 3.05) is 26.3 Å². The van der Waals surface area contributed by atoms with E-state index in [0.717, 1.165) is 6.54 Å². The summed E-state index contributed by atoms with van der Waals surface area (Å²) in [6.45, 7) is 2.08. The second-order valence-electron chi connectivity index (χ2n) is 6.30. The highest BCUT2D eigenvalue weighted by Gasteiger charge is 2.12. The number of benzene rings is 4. The number of hydrogen-bond donors (Lipinski definition) is 2. The lowest BCUT2D eigenvalue weighted by atomic mass is 9.92. The molecular weight excluding hydrogens is 298 g/mol. The molecule has 0 aliphatic carbocycles. The van der Waals surface area contributed by atoms with E-state index >= 15 is 0 Å². The summed E-state index contributed by atoms with van der Waals surface area (Å²) < 4.78 is 0. The first kappa shape index (κ1) is 15.3. The molecule has 3 heteroatoms. The van der Waals surface area contributed by atoms with Gasteiger partial charge in [-0.25, -0.2) is 0 Å². The first-order valence-electron chi connectivity index (χ1n) is 8.41. The van der Waals surface area contributed by atoms with Crippen LogP contribution in [0.5, 0.6) is 0 Å². The maximum absolute atomic E-state index is 9.25. The van der Waals surface area contributed by atoms with Gasteiger partial charge in [0, 0.05) is 19.6 Å². The zero-order valence-electron chi connectivity index (χ0n) is 13.6. The highest BCUT2D eigenvalue weighted by atomic mass is 16.3. The van der Waals surface area contributed by atoms with Gasteiger partial charge in [0.05, 0.1) is 13.2 Å². The van der Waals surface area contributed by atoms with Crippen molar-refractivity contribution in [2.45, 2.75) is 6.54 Å². The van der Waals surface area contributed by atoms with Gasteiger partial charge >= 0.3 is 0 Å². The Balaban J connectivity index is 1.90. The summed E-state index contributed by atoms with van der Waals surface area (Å²) in [5, 5.41) is 26.2. The van der Waals surface area contributed by atoms with Crippen molar-refractivity contribution in [1.82, 2.24) is 4.90 Å². The van der Waals surface area contributed by atoms with Gasteiger partial charge in [0.2, 0.25) is 0 Å². The Labute approximate surface area is 141 Å². The van der Waals surface area contributed by atoms with Crippen molar-refractivity contribution < 1.29 is 10.2 Å². The number of aliphatic hydroxyl groups is 2. The Bertz CT molecular complexity index is 958. The van der Waals surface area contributed by atoms with E-state index in [4.69, 9.17) is 0 Å². The minimum absolute atomic E-state index is 0.103. The zero-order chi connectivity index (χ0) is 16.5. The Morgan fingerprint density at radius 2 is 1.25 bits per heavy atom. The summed E-state index contributed by atoms with van der Waals surface area (Å²) >= 11 is 0. The van der Waals surface area contributed by atoms with Crippen LogP contribution in [0.2, 0.25) is 0 Å². The van der Waals surface area contributed by atoms with E-state index in [1.807, 2.05) is 0 Å². The van der Waals surface area contributed by atoms with Crippen LogP contribution in [-0.4, -0.2) is 41.4 Å². The number of nitrogens with zero attached hydrogens (tertiary/aromatic N) is 1. The lowest BCUT2D eigenvalue weighted by molar-refractivity contribution is 0.156. The molecule has 2 N–H and O–H groups in total.